The van der Waals surface area contributed by atoms with Crippen molar-refractivity contribution in [1.82, 2.24) is 0 Å². The summed E-state index contributed by atoms with van der Waals surface area (Å²) < 4.78 is 0. The molecule has 0 fully saturated rings. The molecule has 0 atom stereocenters. The van der Waals surface area contributed by atoms with Crippen molar-refractivity contribution in [1.29, 1.82) is 15.8 Å². The molecule has 4 nitrogen and oxygen atoms in total. The molecule has 0 radical (unpaired) electrons. The van der Waals surface area contributed by atoms with Crippen LogP contribution in [0.2, 0.25) is 0 Å². The van der Waals surface area contributed by atoms with Gasteiger partial charge in [0.05, 0.1) is 0 Å². The molecule has 0 spiro atoms. The second-order valence-electron chi connectivity index (χ2n) is 1.17. The molecular formula is C4H3N4P. The first-order chi connectivity index (χ1) is 4.24. The van der Waals surface area contributed by atoms with E-state index in [2.05, 4.69) is 0 Å². The highest BCUT2D eigenvalue weighted by Gasteiger charge is 2.11. The molecule has 0 aliphatic rings. The van der Waals surface area contributed by atoms with Gasteiger partial charge in [-0.1, -0.05) is 0 Å². The zero-order valence-corrected chi connectivity index (χ0v) is 5.34. The molecule has 0 aliphatic carbocycles. The summed E-state index contributed by atoms with van der Waals surface area (Å²) in [6, 6.07) is 0. The van der Waals surface area contributed by atoms with Crippen LogP contribution in [-0.4, -0.2) is 5.92 Å². The van der Waals surface area contributed by atoms with E-state index < -0.39 is 6.89 Å². The maximum Gasteiger partial charge on any atom is 0.191 e. The van der Waals surface area contributed by atoms with Gasteiger partial charge in [-0.25, -0.2) is 0 Å². The van der Waals surface area contributed by atoms with Gasteiger partial charge in [0.15, 0.2) is 6.89 Å². The van der Waals surface area contributed by atoms with E-state index in [1.807, 2.05) is 0 Å². The minimum atomic E-state index is -2.85. The Morgan fingerprint density at radius 3 is 1.44 bits per heavy atom. The summed E-state index contributed by atoms with van der Waals surface area (Å²) in [7, 11) is 0. The standard InChI is InChI=1S/C4H3N4P/c5-1-9(2-6,3-7)4-8/h1H,5H2. The molecule has 2 N–H and O–H groups in total. The van der Waals surface area contributed by atoms with E-state index >= 15 is 0 Å². The summed E-state index contributed by atoms with van der Waals surface area (Å²) in [6.07, 6.45) is 0. The monoisotopic (exact) mass is 138 g/mol. The molecule has 5 heteroatoms. The first-order valence-corrected chi connectivity index (χ1v) is 3.79. The molecule has 0 aromatic carbocycles. The van der Waals surface area contributed by atoms with E-state index in [0.717, 1.165) is 5.92 Å². The second kappa shape index (κ2) is 2.90. The maximum absolute atomic E-state index is 8.22. The predicted molar refractivity (Wildman–Crippen MR) is 34.0 cm³/mol. The Morgan fingerprint density at radius 2 is 1.44 bits per heavy atom. The van der Waals surface area contributed by atoms with Gasteiger partial charge in [0, 0.05) is 5.92 Å². The van der Waals surface area contributed by atoms with Crippen molar-refractivity contribution in [2.75, 3.05) is 0 Å². The molecule has 0 unspecified atom stereocenters. The fraction of sp³-hybridized carbons (Fsp3) is 0. The van der Waals surface area contributed by atoms with Gasteiger partial charge < -0.3 is 5.73 Å². The fourth-order valence-corrected chi connectivity index (χ4v) is 0.501. The average Bonchev–Trinajstić information content (AvgIpc) is 1.95. The Labute approximate surface area is 52.7 Å². The van der Waals surface area contributed by atoms with Crippen LogP contribution in [-0.2, 0) is 0 Å². The van der Waals surface area contributed by atoms with Crippen LogP contribution < -0.4 is 5.73 Å². The zero-order valence-electron chi connectivity index (χ0n) is 4.44. The largest absolute Gasteiger partial charge is 0.306 e. The Morgan fingerprint density at radius 1 is 1.11 bits per heavy atom. The third kappa shape index (κ3) is 1.31. The van der Waals surface area contributed by atoms with Crippen LogP contribution in [0.15, 0.2) is 0 Å². The normalized spacial score (nSPS) is 8.22. The van der Waals surface area contributed by atoms with Gasteiger partial charge in [-0.05, 0) is 0 Å². The van der Waals surface area contributed by atoms with E-state index in [9.17, 15) is 0 Å². The maximum atomic E-state index is 8.22. The van der Waals surface area contributed by atoms with Gasteiger partial charge in [0.25, 0.3) is 0 Å². The van der Waals surface area contributed by atoms with Crippen LogP contribution in [0.5, 0.6) is 0 Å². The van der Waals surface area contributed by atoms with Crippen LogP contribution in [0.4, 0.5) is 0 Å². The molecule has 0 saturated carbocycles. The molecule has 0 aromatic rings. The van der Waals surface area contributed by atoms with Gasteiger partial charge in [0.2, 0.25) is 0 Å². The lowest BCUT2D eigenvalue weighted by atomic mass is 11.6. The Kier molecular flexibility index (Phi) is 2.49. The predicted octanol–water partition coefficient (Wildman–Crippen LogP) is 0.166. The molecule has 0 rings (SSSR count). The van der Waals surface area contributed by atoms with E-state index in [-0.39, 0.29) is 0 Å². The Hall–Kier alpha value is -1.27. The number of hydrogen-bond donors (Lipinski definition) is 1. The lowest BCUT2D eigenvalue weighted by Crippen LogP contribution is -1.90. The lowest BCUT2D eigenvalue weighted by molar-refractivity contribution is 1.54. The summed E-state index contributed by atoms with van der Waals surface area (Å²) in [4.78, 5) is 0. The quantitative estimate of drug-likeness (QED) is 0.482. The smallest absolute Gasteiger partial charge is 0.191 e. The minimum Gasteiger partial charge on any atom is -0.306 e. The van der Waals surface area contributed by atoms with Gasteiger partial charge in [-0.3, -0.25) is 0 Å². The molecule has 0 amide bonds. The molecule has 0 bridgehead atoms. The van der Waals surface area contributed by atoms with Crippen LogP contribution in [0.3, 0.4) is 0 Å². The fourth-order valence-electron chi connectivity index (χ4n) is 0.167. The number of hydrogen-bond acceptors (Lipinski definition) is 3. The van der Waals surface area contributed by atoms with Crippen molar-refractivity contribution in [2.24, 2.45) is 5.73 Å². The lowest BCUT2D eigenvalue weighted by Gasteiger charge is -1.88. The molecule has 0 aliphatic heterocycles. The third-order valence-corrected chi connectivity index (χ3v) is 2.09. The zero-order chi connectivity index (χ0) is 7.33. The van der Waals surface area contributed by atoms with E-state index in [0.29, 0.717) is 0 Å². The highest BCUT2D eigenvalue weighted by molar-refractivity contribution is 7.87. The molecule has 0 aromatic heterocycles. The first kappa shape index (κ1) is 7.73. The average molecular weight is 138 g/mol. The topological polar surface area (TPSA) is 97.4 Å². The highest BCUT2D eigenvalue weighted by atomic mass is 31.2. The Balaban J connectivity index is 5.06. The van der Waals surface area contributed by atoms with Crippen molar-refractivity contribution >= 4 is 12.8 Å². The number of nitriles is 3. The number of rotatable bonds is 0. The van der Waals surface area contributed by atoms with Crippen LogP contribution in [0.25, 0.3) is 0 Å². The van der Waals surface area contributed by atoms with Crippen LogP contribution in [0, 0.1) is 33.2 Å². The highest BCUT2D eigenvalue weighted by Crippen LogP contribution is 2.40. The number of nitrogens with zero attached hydrogens (tertiary/aromatic N) is 3. The summed E-state index contributed by atoms with van der Waals surface area (Å²) in [5, 5.41) is 24.7. The second-order valence-corrected chi connectivity index (χ2v) is 3.52. The molecule has 44 valence electrons. The molecule has 0 heterocycles. The molecule has 0 saturated heterocycles. The van der Waals surface area contributed by atoms with Crippen LogP contribution in [0.1, 0.15) is 0 Å². The minimum absolute atomic E-state index is 0.882. The van der Waals surface area contributed by atoms with E-state index in [1.54, 1.807) is 17.4 Å². The van der Waals surface area contributed by atoms with Crippen molar-refractivity contribution in [3.63, 3.8) is 0 Å². The summed E-state index contributed by atoms with van der Waals surface area (Å²) >= 11 is 0. The van der Waals surface area contributed by atoms with E-state index in [4.69, 9.17) is 21.5 Å². The summed E-state index contributed by atoms with van der Waals surface area (Å²) in [6.45, 7) is -2.85. The molecular weight excluding hydrogens is 135 g/mol. The van der Waals surface area contributed by atoms with Crippen molar-refractivity contribution in [2.45, 2.75) is 0 Å². The summed E-state index contributed by atoms with van der Waals surface area (Å²) in [5.74, 6) is 5.60. The third-order valence-electron chi connectivity index (χ3n) is 0.697. The first-order valence-electron chi connectivity index (χ1n) is 1.93. The summed E-state index contributed by atoms with van der Waals surface area (Å²) in [5.41, 5.74) is 4.90. The van der Waals surface area contributed by atoms with Gasteiger partial charge in [0.1, 0.15) is 17.4 Å². The van der Waals surface area contributed by atoms with Crippen molar-refractivity contribution in [3.05, 3.63) is 0 Å². The van der Waals surface area contributed by atoms with Gasteiger partial charge >= 0.3 is 0 Å². The Bertz CT molecular complexity index is 228. The van der Waals surface area contributed by atoms with Crippen molar-refractivity contribution < 1.29 is 0 Å². The number of nitrogens with two attached hydrogens (primary N) is 1. The SMILES string of the molecule is N#CP(C#N)(C#N)=CN. The van der Waals surface area contributed by atoms with Gasteiger partial charge in [-0.2, -0.15) is 15.8 Å². The molecule has 9 heavy (non-hydrogen) atoms. The van der Waals surface area contributed by atoms with E-state index in [1.165, 1.54) is 0 Å². The van der Waals surface area contributed by atoms with Crippen LogP contribution >= 0.6 is 6.89 Å². The van der Waals surface area contributed by atoms with Crippen molar-refractivity contribution in [3.8, 4) is 17.4 Å². The van der Waals surface area contributed by atoms with Gasteiger partial charge in [-0.15, -0.1) is 0 Å².